The second-order valence-electron chi connectivity index (χ2n) is 5.22. The molecule has 0 bridgehead atoms. The molecule has 1 N–H and O–H groups in total. The zero-order chi connectivity index (χ0) is 17.7. The fourth-order valence-corrected chi connectivity index (χ4v) is 2.70. The number of carbonyl (C=O) groups is 2. The normalized spacial score (nSPS) is 15.6. The van der Waals surface area contributed by atoms with E-state index in [-0.39, 0.29) is 17.6 Å². The lowest BCUT2D eigenvalue weighted by Gasteiger charge is -2.20. The van der Waals surface area contributed by atoms with Gasteiger partial charge in [0.1, 0.15) is 12.2 Å². The van der Waals surface area contributed by atoms with Gasteiger partial charge in [-0.05, 0) is 49.8 Å². The minimum Gasteiger partial charge on any atom is -0.468 e. The van der Waals surface area contributed by atoms with Crippen LogP contribution in [-0.2, 0) is 14.3 Å². The summed E-state index contributed by atoms with van der Waals surface area (Å²) in [5.41, 5.74) is 2.36. The van der Waals surface area contributed by atoms with E-state index in [1.807, 2.05) is 24.3 Å². The first-order chi connectivity index (χ1) is 11.5. The first-order valence-electron chi connectivity index (χ1n) is 7.76. The van der Waals surface area contributed by atoms with Gasteiger partial charge in [0, 0.05) is 18.8 Å². The summed E-state index contributed by atoms with van der Waals surface area (Å²) in [7, 11) is 1.27. The van der Waals surface area contributed by atoms with E-state index in [4.69, 9.17) is 12.2 Å². The Hall–Kier alpha value is -2.41. The highest BCUT2D eigenvalue weighted by Crippen LogP contribution is 2.18. The van der Waals surface area contributed by atoms with E-state index in [1.54, 1.807) is 6.08 Å². The molecule has 128 valence electrons. The summed E-state index contributed by atoms with van der Waals surface area (Å²) in [6, 6.07) is 7.93. The van der Waals surface area contributed by atoms with Gasteiger partial charge in [0.15, 0.2) is 5.11 Å². The van der Waals surface area contributed by atoms with Crippen molar-refractivity contribution in [2.75, 3.05) is 31.6 Å². The van der Waals surface area contributed by atoms with Crippen LogP contribution in [0.2, 0.25) is 0 Å². The maximum Gasteiger partial charge on any atom is 0.325 e. The van der Waals surface area contributed by atoms with E-state index in [1.165, 1.54) is 12.0 Å². The van der Waals surface area contributed by atoms with Crippen molar-refractivity contribution in [3.8, 4) is 0 Å². The zero-order valence-electron chi connectivity index (χ0n) is 14.0. The summed E-state index contributed by atoms with van der Waals surface area (Å²) in [5, 5.41) is 3.05. The Morgan fingerprint density at radius 3 is 2.46 bits per heavy atom. The van der Waals surface area contributed by atoms with Crippen molar-refractivity contribution in [3.63, 3.8) is 0 Å². The van der Waals surface area contributed by atoms with E-state index in [0.29, 0.717) is 5.70 Å². The third-order valence-corrected chi connectivity index (χ3v) is 4.13. The van der Waals surface area contributed by atoms with Crippen molar-refractivity contribution >= 4 is 41.0 Å². The van der Waals surface area contributed by atoms with Crippen molar-refractivity contribution in [3.05, 3.63) is 35.5 Å². The average molecular weight is 347 g/mol. The number of esters is 1. The number of hydrogen-bond acceptors (Lipinski definition) is 5. The minimum atomic E-state index is -0.516. The molecular formula is C17H21N3O3S. The van der Waals surface area contributed by atoms with Crippen LogP contribution in [0, 0.1) is 0 Å². The molecule has 0 unspecified atom stereocenters. The number of hydrogen-bond donors (Lipinski definition) is 1. The standard InChI is InChI=1S/C17H21N3O3S/c1-4-19(5-2)13-8-6-12(7-9-13)10-14-16(22)20(17(24)18-14)11-15(21)23-3/h6-10H,4-5,11H2,1-3H3,(H,18,24)/b14-10-. The second kappa shape index (κ2) is 7.92. The molecule has 0 saturated carbocycles. The van der Waals surface area contributed by atoms with Crippen molar-refractivity contribution in [1.29, 1.82) is 0 Å². The van der Waals surface area contributed by atoms with E-state index in [0.717, 1.165) is 24.3 Å². The summed E-state index contributed by atoms with van der Waals surface area (Å²) in [6.45, 7) is 5.90. The van der Waals surface area contributed by atoms with Crippen LogP contribution in [0.4, 0.5) is 5.69 Å². The molecule has 0 spiro atoms. The number of carbonyl (C=O) groups excluding carboxylic acids is 2. The Kier molecular flexibility index (Phi) is 5.92. The van der Waals surface area contributed by atoms with Gasteiger partial charge < -0.3 is 15.0 Å². The Morgan fingerprint density at radius 2 is 1.92 bits per heavy atom. The lowest BCUT2D eigenvalue weighted by Crippen LogP contribution is -2.35. The van der Waals surface area contributed by atoms with Crippen LogP contribution in [0.25, 0.3) is 6.08 Å². The van der Waals surface area contributed by atoms with Crippen LogP contribution in [0.3, 0.4) is 0 Å². The maximum atomic E-state index is 12.3. The van der Waals surface area contributed by atoms with Crippen molar-refractivity contribution in [1.82, 2.24) is 10.2 Å². The summed E-state index contributed by atoms with van der Waals surface area (Å²) in [5.74, 6) is -0.851. The van der Waals surface area contributed by atoms with Crippen LogP contribution in [0.15, 0.2) is 30.0 Å². The lowest BCUT2D eigenvalue weighted by atomic mass is 10.1. The van der Waals surface area contributed by atoms with E-state index < -0.39 is 5.97 Å². The molecule has 1 amide bonds. The van der Waals surface area contributed by atoms with E-state index in [2.05, 4.69) is 28.8 Å². The van der Waals surface area contributed by atoms with Gasteiger partial charge in [-0.1, -0.05) is 12.1 Å². The van der Waals surface area contributed by atoms with Crippen LogP contribution >= 0.6 is 12.2 Å². The van der Waals surface area contributed by atoms with Crippen LogP contribution < -0.4 is 10.2 Å². The molecule has 1 aliphatic heterocycles. The second-order valence-corrected chi connectivity index (χ2v) is 5.61. The monoisotopic (exact) mass is 347 g/mol. The van der Waals surface area contributed by atoms with Crippen molar-refractivity contribution in [2.24, 2.45) is 0 Å². The summed E-state index contributed by atoms with van der Waals surface area (Å²) in [6.07, 6.45) is 1.72. The number of amides is 1. The molecule has 0 radical (unpaired) electrons. The molecule has 1 aromatic rings. The number of anilines is 1. The fraction of sp³-hybridized carbons (Fsp3) is 0.353. The third kappa shape index (κ3) is 3.91. The molecule has 24 heavy (non-hydrogen) atoms. The van der Waals surface area contributed by atoms with Crippen molar-refractivity contribution < 1.29 is 14.3 Å². The first-order valence-corrected chi connectivity index (χ1v) is 8.17. The molecule has 0 aliphatic carbocycles. The predicted molar refractivity (Wildman–Crippen MR) is 97.4 cm³/mol. The molecular weight excluding hydrogens is 326 g/mol. The van der Waals surface area contributed by atoms with Gasteiger partial charge in [-0.3, -0.25) is 14.5 Å². The van der Waals surface area contributed by atoms with Crippen LogP contribution in [0.1, 0.15) is 19.4 Å². The van der Waals surface area contributed by atoms with E-state index >= 15 is 0 Å². The summed E-state index contributed by atoms with van der Waals surface area (Å²) in [4.78, 5) is 27.1. The Balaban J connectivity index is 2.15. The van der Waals surface area contributed by atoms with Gasteiger partial charge in [0.05, 0.1) is 7.11 Å². The van der Waals surface area contributed by atoms with Gasteiger partial charge >= 0.3 is 5.97 Å². The Morgan fingerprint density at radius 1 is 1.29 bits per heavy atom. The van der Waals surface area contributed by atoms with Gasteiger partial charge in [-0.15, -0.1) is 0 Å². The van der Waals surface area contributed by atoms with Crippen LogP contribution in [0.5, 0.6) is 0 Å². The van der Waals surface area contributed by atoms with Gasteiger partial charge in [-0.2, -0.15) is 0 Å². The number of rotatable bonds is 6. The number of nitrogens with one attached hydrogen (secondary N) is 1. The lowest BCUT2D eigenvalue weighted by molar-refractivity contribution is -0.143. The average Bonchev–Trinajstić information content (AvgIpc) is 2.84. The molecule has 1 fully saturated rings. The largest absolute Gasteiger partial charge is 0.468 e. The Labute approximate surface area is 147 Å². The molecule has 0 aromatic heterocycles. The van der Waals surface area contributed by atoms with Gasteiger partial charge in [0.25, 0.3) is 5.91 Å². The highest BCUT2D eigenvalue weighted by molar-refractivity contribution is 7.80. The van der Waals surface area contributed by atoms with Gasteiger partial charge in [-0.25, -0.2) is 0 Å². The smallest absolute Gasteiger partial charge is 0.325 e. The molecule has 1 aromatic carbocycles. The van der Waals surface area contributed by atoms with Crippen molar-refractivity contribution in [2.45, 2.75) is 13.8 Å². The SMILES string of the molecule is CCN(CC)c1ccc(/C=C2\NC(=S)N(CC(=O)OC)C2=O)cc1. The highest BCUT2D eigenvalue weighted by atomic mass is 32.1. The molecule has 1 aliphatic rings. The summed E-state index contributed by atoms with van der Waals surface area (Å²) < 4.78 is 4.57. The molecule has 6 nitrogen and oxygen atoms in total. The molecule has 1 saturated heterocycles. The first kappa shape index (κ1) is 17.9. The number of nitrogens with zero attached hydrogens (tertiary/aromatic N) is 2. The molecule has 2 rings (SSSR count). The molecule has 0 atom stereocenters. The number of thiocarbonyl (C=S) groups is 1. The number of benzene rings is 1. The topological polar surface area (TPSA) is 61.9 Å². The maximum absolute atomic E-state index is 12.3. The Bertz CT molecular complexity index is 666. The minimum absolute atomic E-state index is 0.195. The number of methoxy groups -OCH3 is 1. The number of ether oxygens (including phenoxy) is 1. The molecule has 7 heteroatoms. The zero-order valence-corrected chi connectivity index (χ0v) is 14.9. The highest BCUT2D eigenvalue weighted by Gasteiger charge is 2.32. The fourth-order valence-electron chi connectivity index (χ4n) is 2.45. The molecule has 1 heterocycles. The summed E-state index contributed by atoms with van der Waals surface area (Å²) >= 11 is 5.10. The van der Waals surface area contributed by atoms with E-state index in [9.17, 15) is 9.59 Å². The quantitative estimate of drug-likeness (QED) is 0.481. The van der Waals surface area contributed by atoms with Crippen LogP contribution in [-0.4, -0.2) is 48.6 Å². The van der Waals surface area contributed by atoms with Gasteiger partial charge in [0.2, 0.25) is 0 Å². The predicted octanol–water partition coefficient (Wildman–Crippen LogP) is 1.76. The third-order valence-electron chi connectivity index (χ3n) is 3.81.